The molecule has 0 bridgehead atoms. The van der Waals surface area contributed by atoms with Crippen LogP contribution in [0.15, 0.2) is 30.3 Å². The first-order valence-corrected chi connectivity index (χ1v) is 7.89. The number of hydrogen-bond donors (Lipinski definition) is 1. The van der Waals surface area contributed by atoms with Gasteiger partial charge in [0.1, 0.15) is 5.69 Å². The molecule has 2 aromatic rings. The normalized spacial score (nSPS) is 14.4. The zero-order valence-corrected chi connectivity index (χ0v) is 13.9. The number of hydrogen-bond acceptors (Lipinski definition) is 2. The van der Waals surface area contributed by atoms with Gasteiger partial charge in [-0.2, -0.15) is 0 Å². The number of rotatable bonds is 3. The maximum absolute atomic E-state index is 12.3. The van der Waals surface area contributed by atoms with Crippen LogP contribution in [-0.4, -0.2) is 22.9 Å². The molecule has 0 atom stereocenters. The van der Waals surface area contributed by atoms with Gasteiger partial charge < -0.3 is 14.8 Å². The number of aromatic nitrogens is 1. The number of nitrogens with one attached hydrogen (secondary N) is 1. The topological polar surface area (TPSA) is 54.3 Å². The van der Waals surface area contributed by atoms with Crippen LogP contribution in [0.2, 0.25) is 5.02 Å². The zero-order valence-electron chi connectivity index (χ0n) is 13.1. The van der Waals surface area contributed by atoms with Crippen LogP contribution in [0, 0.1) is 6.92 Å². The summed E-state index contributed by atoms with van der Waals surface area (Å²) in [4.78, 5) is 25.8. The number of carbonyl (C=O) groups is 2. The minimum atomic E-state index is -0.193. The van der Waals surface area contributed by atoms with Gasteiger partial charge in [-0.05, 0) is 43.7 Å². The summed E-state index contributed by atoms with van der Waals surface area (Å²) in [7, 11) is 1.85. The Labute approximate surface area is 139 Å². The van der Waals surface area contributed by atoms with Crippen molar-refractivity contribution in [1.82, 2.24) is 4.57 Å². The summed E-state index contributed by atoms with van der Waals surface area (Å²) in [6.07, 6.45) is 1.40. The van der Waals surface area contributed by atoms with Crippen LogP contribution < -0.4 is 10.2 Å². The smallest absolute Gasteiger partial charge is 0.272 e. The molecule has 1 aromatic heterocycles. The molecule has 120 valence electrons. The molecule has 1 saturated heterocycles. The second-order valence-electron chi connectivity index (χ2n) is 5.69. The fourth-order valence-electron chi connectivity index (χ4n) is 2.74. The molecule has 1 N–H and O–H groups in total. The number of halogens is 1. The lowest BCUT2D eigenvalue weighted by Gasteiger charge is -2.18. The van der Waals surface area contributed by atoms with E-state index < -0.39 is 0 Å². The Kier molecular flexibility index (Phi) is 4.13. The summed E-state index contributed by atoms with van der Waals surface area (Å²) < 4.78 is 1.83. The second kappa shape index (κ2) is 6.08. The Morgan fingerprint density at radius 2 is 2.04 bits per heavy atom. The molecule has 5 nitrogen and oxygen atoms in total. The fourth-order valence-corrected chi connectivity index (χ4v) is 3.03. The molecular weight excluding hydrogens is 314 g/mol. The van der Waals surface area contributed by atoms with Crippen molar-refractivity contribution in [1.29, 1.82) is 0 Å². The molecule has 1 aliphatic heterocycles. The van der Waals surface area contributed by atoms with Gasteiger partial charge in [0.25, 0.3) is 5.91 Å². The van der Waals surface area contributed by atoms with Gasteiger partial charge in [-0.1, -0.05) is 11.6 Å². The van der Waals surface area contributed by atoms with Gasteiger partial charge in [0.2, 0.25) is 5.91 Å². The predicted octanol–water partition coefficient (Wildman–Crippen LogP) is 3.37. The summed E-state index contributed by atoms with van der Waals surface area (Å²) in [6, 6.07) is 8.89. The summed E-state index contributed by atoms with van der Waals surface area (Å²) in [6.45, 7) is 2.63. The number of benzene rings is 1. The Bertz CT molecular complexity index is 782. The third-order valence-electron chi connectivity index (χ3n) is 4.18. The monoisotopic (exact) mass is 331 g/mol. The average Bonchev–Trinajstić information content (AvgIpc) is 3.06. The molecule has 3 rings (SSSR count). The molecule has 6 heteroatoms. The van der Waals surface area contributed by atoms with Gasteiger partial charge in [0.05, 0.1) is 10.7 Å². The lowest BCUT2D eigenvalue weighted by molar-refractivity contribution is -0.117. The van der Waals surface area contributed by atoms with Crippen molar-refractivity contribution in [2.75, 3.05) is 16.8 Å². The Balaban J connectivity index is 1.79. The molecule has 0 unspecified atom stereocenters. The molecule has 0 aliphatic carbocycles. The molecule has 0 saturated carbocycles. The lowest BCUT2D eigenvalue weighted by Crippen LogP contribution is -2.24. The van der Waals surface area contributed by atoms with E-state index in [-0.39, 0.29) is 11.8 Å². The van der Waals surface area contributed by atoms with Crippen LogP contribution in [0.1, 0.15) is 29.0 Å². The highest BCUT2D eigenvalue weighted by atomic mass is 35.5. The molecule has 0 spiro atoms. The molecule has 1 fully saturated rings. The van der Waals surface area contributed by atoms with E-state index in [0.717, 1.165) is 12.1 Å². The third kappa shape index (κ3) is 2.97. The first kappa shape index (κ1) is 15.6. The average molecular weight is 332 g/mol. The van der Waals surface area contributed by atoms with Crippen molar-refractivity contribution in [2.45, 2.75) is 19.8 Å². The SMILES string of the molecule is Cc1ccc(C(=O)Nc2ccc(N3CCCC3=O)c(Cl)c2)n1C. The van der Waals surface area contributed by atoms with E-state index in [1.165, 1.54) is 0 Å². The number of amides is 2. The van der Waals surface area contributed by atoms with Gasteiger partial charge in [0, 0.05) is 31.4 Å². The van der Waals surface area contributed by atoms with E-state index in [4.69, 9.17) is 11.6 Å². The maximum atomic E-state index is 12.3. The van der Waals surface area contributed by atoms with Crippen molar-refractivity contribution >= 4 is 34.8 Å². The van der Waals surface area contributed by atoms with E-state index in [1.807, 2.05) is 24.6 Å². The largest absolute Gasteiger partial charge is 0.344 e. The molecule has 0 radical (unpaired) electrons. The number of aryl methyl sites for hydroxylation is 1. The number of nitrogens with zero attached hydrogens (tertiary/aromatic N) is 2. The highest BCUT2D eigenvalue weighted by Gasteiger charge is 2.23. The number of anilines is 2. The van der Waals surface area contributed by atoms with Gasteiger partial charge in [-0.25, -0.2) is 0 Å². The van der Waals surface area contributed by atoms with Gasteiger partial charge in [0.15, 0.2) is 0 Å². The van der Waals surface area contributed by atoms with E-state index in [0.29, 0.717) is 35.1 Å². The summed E-state index contributed by atoms with van der Waals surface area (Å²) in [5, 5.41) is 3.29. The first-order chi connectivity index (χ1) is 11.0. The van der Waals surface area contributed by atoms with Crippen LogP contribution >= 0.6 is 11.6 Å². The Morgan fingerprint density at radius 3 is 2.61 bits per heavy atom. The van der Waals surface area contributed by atoms with Crippen molar-refractivity contribution in [2.24, 2.45) is 7.05 Å². The Hall–Kier alpha value is -2.27. The summed E-state index contributed by atoms with van der Waals surface area (Å²) in [5.74, 6) is -0.107. The van der Waals surface area contributed by atoms with Crippen LogP contribution in [0.5, 0.6) is 0 Å². The molecule has 23 heavy (non-hydrogen) atoms. The fraction of sp³-hybridized carbons (Fsp3) is 0.294. The van der Waals surface area contributed by atoms with E-state index in [9.17, 15) is 9.59 Å². The highest BCUT2D eigenvalue weighted by Crippen LogP contribution is 2.31. The quantitative estimate of drug-likeness (QED) is 0.937. The third-order valence-corrected chi connectivity index (χ3v) is 4.48. The number of carbonyl (C=O) groups excluding carboxylic acids is 2. The van der Waals surface area contributed by atoms with E-state index in [1.54, 1.807) is 29.2 Å². The van der Waals surface area contributed by atoms with Gasteiger partial charge in [-0.15, -0.1) is 0 Å². The summed E-state index contributed by atoms with van der Waals surface area (Å²) in [5.41, 5.74) is 2.89. The lowest BCUT2D eigenvalue weighted by atomic mass is 10.2. The minimum Gasteiger partial charge on any atom is -0.344 e. The van der Waals surface area contributed by atoms with Crippen LogP contribution in [0.3, 0.4) is 0 Å². The molecular formula is C17H18ClN3O2. The standard InChI is InChI=1S/C17H18ClN3O2/c1-11-5-7-15(20(11)2)17(23)19-12-6-8-14(13(18)10-12)21-9-3-4-16(21)22/h5-8,10H,3-4,9H2,1-2H3,(H,19,23). The zero-order chi connectivity index (χ0) is 16.6. The highest BCUT2D eigenvalue weighted by molar-refractivity contribution is 6.34. The van der Waals surface area contributed by atoms with Gasteiger partial charge in [-0.3, -0.25) is 9.59 Å². The van der Waals surface area contributed by atoms with Crippen molar-refractivity contribution in [3.63, 3.8) is 0 Å². The van der Waals surface area contributed by atoms with Crippen LogP contribution in [-0.2, 0) is 11.8 Å². The summed E-state index contributed by atoms with van der Waals surface area (Å²) >= 11 is 6.29. The van der Waals surface area contributed by atoms with Crippen molar-refractivity contribution < 1.29 is 9.59 Å². The predicted molar refractivity (Wildman–Crippen MR) is 91.1 cm³/mol. The van der Waals surface area contributed by atoms with Crippen LogP contribution in [0.4, 0.5) is 11.4 Å². The molecule has 1 aromatic carbocycles. The molecule has 2 heterocycles. The first-order valence-electron chi connectivity index (χ1n) is 7.51. The maximum Gasteiger partial charge on any atom is 0.272 e. The second-order valence-corrected chi connectivity index (χ2v) is 6.10. The van der Waals surface area contributed by atoms with E-state index in [2.05, 4.69) is 5.32 Å². The van der Waals surface area contributed by atoms with Gasteiger partial charge >= 0.3 is 0 Å². The minimum absolute atomic E-state index is 0.0861. The van der Waals surface area contributed by atoms with E-state index >= 15 is 0 Å². The van der Waals surface area contributed by atoms with Crippen molar-refractivity contribution in [3.05, 3.63) is 46.7 Å². The molecule has 2 amide bonds. The molecule has 1 aliphatic rings. The Morgan fingerprint density at radius 1 is 1.26 bits per heavy atom. The van der Waals surface area contributed by atoms with Crippen LogP contribution in [0.25, 0.3) is 0 Å². The van der Waals surface area contributed by atoms with Crippen molar-refractivity contribution in [3.8, 4) is 0 Å².